The van der Waals surface area contributed by atoms with Gasteiger partial charge in [-0.15, -0.1) is 0 Å². The van der Waals surface area contributed by atoms with Gasteiger partial charge in [0, 0.05) is 29.7 Å². The molecule has 7 heteroatoms. The molecule has 142 valence electrons. The van der Waals surface area contributed by atoms with Crippen LogP contribution in [0.4, 0.5) is 0 Å². The zero-order chi connectivity index (χ0) is 19.1. The number of nitrogens with zero attached hydrogens (tertiary/aromatic N) is 2. The molecule has 0 bridgehead atoms. The Morgan fingerprint density at radius 2 is 2.22 bits per heavy atom. The summed E-state index contributed by atoms with van der Waals surface area (Å²) in [4.78, 5) is 16.3. The number of carbonyl (C=O) groups excluding carboxylic acids is 1. The fourth-order valence-corrected chi connectivity index (χ4v) is 3.85. The van der Waals surface area contributed by atoms with Crippen LogP contribution >= 0.6 is 0 Å². The molecule has 0 unspecified atom stereocenters. The van der Waals surface area contributed by atoms with E-state index in [4.69, 9.17) is 4.74 Å². The first-order chi connectivity index (χ1) is 13.0. The van der Waals surface area contributed by atoms with Crippen molar-refractivity contribution in [1.29, 1.82) is 0 Å². The molecule has 2 aromatic heterocycles. The lowest BCUT2D eigenvalue weighted by atomic mass is 9.75. The van der Waals surface area contributed by atoms with Gasteiger partial charge in [-0.3, -0.25) is 9.48 Å². The van der Waals surface area contributed by atoms with Crippen molar-refractivity contribution < 1.29 is 14.6 Å². The number of ether oxygens (including phenoxy) is 1. The Balaban J connectivity index is 1.63. The van der Waals surface area contributed by atoms with E-state index in [9.17, 15) is 9.90 Å². The van der Waals surface area contributed by atoms with Gasteiger partial charge in [-0.25, -0.2) is 0 Å². The monoisotopic (exact) mass is 368 g/mol. The van der Waals surface area contributed by atoms with Crippen LogP contribution in [-0.2, 0) is 7.05 Å². The van der Waals surface area contributed by atoms with Crippen molar-refractivity contribution in [1.82, 2.24) is 20.1 Å². The third-order valence-corrected chi connectivity index (χ3v) is 5.48. The van der Waals surface area contributed by atoms with E-state index in [-0.39, 0.29) is 24.0 Å². The largest absolute Gasteiger partial charge is 0.497 e. The molecule has 4 rings (SSSR count). The van der Waals surface area contributed by atoms with Crippen LogP contribution < -0.4 is 10.1 Å². The fourth-order valence-electron chi connectivity index (χ4n) is 3.85. The molecule has 7 nitrogen and oxygen atoms in total. The van der Waals surface area contributed by atoms with Gasteiger partial charge in [0.2, 0.25) is 0 Å². The van der Waals surface area contributed by atoms with Crippen molar-refractivity contribution in [3.05, 3.63) is 47.4 Å². The third-order valence-electron chi connectivity index (χ3n) is 5.48. The Labute approximate surface area is 157 Å². The molecule has 0 radical (unpaired) electrons. The van der Waals surface area contributed by atoms with E-state index < -0.39 is 0 Å². The van der Waals surface area contributed by atoms with Crippen LogP contribution in [0.3, 0.4) is 0 Å². The maximum Gasteiger partial charge on any atom is 0.268 e. The van der Waals surface area contributed by atoms with Crippen LogP contribution in [0.1, 0.15) is 40.5 Å². The van der Waals surface area contributed by atoms with Crippen molar-refractivity contribution in [3.8, 4) is 5.75 Å². The second kappa shape index (κ2) is 6.74. The molecule has 0 spiro atoms. The predicted octanol–water partition coefficient (Wildman–Crippen LogP) is 2.46. The van der Waals surface area contributed by atoms with Gasteiger partial charge >= 0.3 is 0 Å². The average molecular weight is 368 g/mol. The van der Waals surface area contributed by atoms with Crippen LogP contribution in [0.15, 0.2) is 30.6 Å². The topological polar surface area (TPSA) is 92.2 Å². The van der Waals surface area contributed by atoms with Gasteiger partial charge in [0.15, 0.2) is 0 Å². The second-order valence-corrected chi connectivity index (χ2v) is 7.32. The zero-order valence-corrected chi connectivity index (χ0v) is 15.7. The van der Waals surface area contributed by atoms with Crippen LogP contribution in [0, 0.1) is 12.8 Å². The third kappa shape index (κ3) is 3.19. The molecule has 2 heterocycles. The highest BCUT2D eigenvalue weighted by molar-refractivity contribution is 6.01. The predicted molar refractivity (Wildman–Crippen MR) is 102 cm³/mol. The van der Waals surface area contributed by atoms with Gasteiger partial charge in [0.25, 0.3) is 5.91 Å². The first kappa shape index (κ1) is 17.6. The summed E-state index contributed by atoms with van der Waals surface area (Å²) in [5, 5.41) is 18.1. The molecule has 27 heavy (non-hydrogen) atoms. The molecule has 1 aliphatic rings. The number of aliphatic hydroxyl groups excluding tert-OH is 1. The minimum atomic E-state index is -0.284. The van der Waals surface area contributed by atoms with Crippen LogP contribution in [0.5, 0.6) is 5.75 Å². The maximum atomic E-state index is 13.0. The molecule has 0 saturated heterocycles. The number of nitrogens with one attached hydrogen (secondary N) is 2. The summed E-state index contributed by atoms with van der Waals surface area (Å²) in [5.74, 6) is 0.809. The van der Waals surface area contributed by atoms with Crippen molar-refractivity contribution in [2.45, 2.75) is 31.9 Å². The number of benzene rings is 1. The number of H-pyrrole nitrogens is 1. The Kier molecular flexibility index (Phi) is 4.39. The minimum Gasteiger partial charge on any atom is -0.497 e. The SMILES string of the molecule is COc1ccc2[nH]c(C(=O)N[C@@H](c3cnn(C)c3)C3CC(O)C3)c(C)c2c1. The molecule has 1 saturated carbocycles. The molecule has 0 aliphatic heterocycles. The molecule has 1 atom stereocenters. The van der Waals surface area contributed by atoms with Gasteiger partial charge in [-0.05, 0) is 49.4 Å². The maximum absolute atomic E-state index is 13.0. The molecule has 1 aliphatic carbocycles. The normalized spacial score (nSPS) is 20.3. The van der Waals surface area contributed by atoms with Crippen LogP contribution in [-0.4, -0.2) is 39.0 Å². The highest BCUT2D eigenvalue weighted by Gasteiger charge is 2.36. The highest BCUT2D eigenvalue weighted by Crippen LogP contribution is 2.38. The summed E-state index contributed by atoms with van der Waals surface area (Å²) >= 11 is 0. The molecule has 3 N–H and O–H groups in total. The summed E-state index contributed by atoms with van der Waals surface area (Å²) < 4.78 is 7.01. The van der Waals surface area contributed by atoms with Gasteiger partial charge in [-0.2, -0.15) is 5.10 Å². The Morgan fingerprint density at radius 3 is 2.85 bits per heavy atom. The molecular formula is C20H24N4O3. The number of aromatic amines is 1. The van der Waals surface area contributed by atoms with E-state index in [0.717, 1.165) is 27.8 Å². The zero-order valence-electron chi connectivity index (χ0n) is 15.7. The summed E-state index contributed by atoms with van der Waals surface area (Å²) in [6, 6.07) is 5.54. The highest BCUT2D eigenvalue weighted by atomic mass is 16.5. The number of fused-ring (bicyclic) bond motifs is 1. The molecule has 1 amide bonds. The van der Waals surface area contributed by atoms with Crippen molar-refractivity contribution in [3.63, 3.8) is 0 Å². The number of aliphatic hydroxyl groups is 1. The molecule has 1 fully saturated rings. The van der Waals surface area contributed by atoms with E-state index in [2.05, 4.69) is 15.4 Å². The first-order valence-corrected chi connectivity index (χ1v) is 9.10. The van der Waals surface area contributed by atoms with E-state index in [1.807, 2.05) is 38.4 Å². The Bertz CT molecular complexity index is 984. The summed E-state index contributed by atoms with van der Waals surface area (Å²) in [6.45, 7) is 1.93. The lowest BCUT2D eigenvalue weighted by Crippen LogP contribution is -2.41. The number of hydrogen-bond donors (Lipinski definition) is 3. The van der Waals surface area contributed by atoms with E-state index in [1.165, 1.54) is 0 Å². The van der Waals surface area contributed by atoms with E-state index in [1.54, 1.807) is 18.0 Å². The quantitative estimate of drug-likeness (QED) is 0.645. The number of aryl methyl sites for hydroxylation is 2. The molecule has 3 aromatic rings. The standard InChI is InChI=1S/C20H24N4O3/c1-11-16-8-15(27-3)4-5-17(16)22-18(11)20(26)23-19(12-6-14(25)7-12)13-9-21-24(2)10-13/h4-5,8-10,12,14,19,22,25H,6-7H2,1-3H3,(H,23,26)/t12?,14?,19-/m1/s1. The number of hydrogen-bond acceptors (Lipinski definition) is 4. The Morgan fingerprint density at radius 1 is 1.44 bits per heavy atom. The smallest absolute Gasteiger partial charge is 0.268 e. The number of carbonyl (C=O) groups is 1. The van der Waals surface area contributed by atoms with Gasteiger partial charge in [0.1, 0.15) is 11.4 Å². The fraction of sp³-hybridized carbons (Fsp3) is 0.400. The minimum absolute atomic E-state index is 0.155. The van der Waals surface area contributed by atoms with Gasteiger partial charge in [-0.1, -0.05) is 0 Å². The molecular weight excluding hydrogens is 344 g/mol. The lowest BCUT2D eigenvalue weighted by Gasteiger charge is -2.37. The summed E-state index contributed by atoms with van der Waals surface area (Å²) in [5.41, 5.74) is 3.29. The van der Waals surface area contributed by atoms with Crippen molar-refractivity contribution in [2.24, 2.45) is 13.0 Å². The van der Waals surface area contributed by atoms with Gasteiger partial charge < -0.3 is 20.1 Å². The van der Waals surface area contributed by atoms with Crippen molar-refractivity contribution in [2.75, 3.05) is 7.11 Å². The number of methoxy groups -OCH3 is 1. The average Bonchev–Trinajstić information content (AvgIpc) is 3.20. The summed E-state index contributed by atoms with van der Waals surface area (Å²) in [7, 11) is 3.48. The Hall–Kier alpha value is -2.80. The van der Waals surface area contributed by atoms with E-state index in [0.29, 0.717) is 18.5 Å². The lowest BCUT2D eigenvalue weighted by molar-refractivity contribution is 0.0234. The second-order valence-electron chi connectivity index (χ2n) is 7.32. The molecule has 1 aromatic carbocycles. The van der Waals surface area contributed by atoms with Crippen LogP contribution in [0.25, 0.3) is 10.9 Å². The van der Waals surface area contributed by atoms with E-state index >= 15 is 0 Å². The van der Waals surface area contributed by atoms with Gasteiger partial charge in [0.05, 0.1) is 25.5 Å². The summed E-state index contributed by atoms with van der Waals surface area (Å²) in [6.07, 6.45) is 4.77. The number of amides is 1. The van der Waals surface area contributed by atoms with Crippen molar-refractivity contribution >= 4 is 16.8 Å². The van der Waals surface area contributed by atoms with Crippen LogP contribution in [0.2, 0.25) is 0 Å². The first-order valence-electron chi connectivity index (χ1n) is 9.10. The number of rotatable bonds is 5. The number of aromatic nitrogens is 3.